The summed E-state index contributed by atoms with van der Waals surface area (Å²) in [5, 5.41) is 4.02. The van der Waals surface area contributed by atoms with Crippen molar-refractivity contribution in [2.45, 2.75) is 20.3 Å². The molecule has 0 aliphatic rings. The Morgan fingerprint density at radius 1 is 1.16 bits per heavy atom. The SMILES string of the molecule is CCCOc1ccc(C(=O)N/N=C/c2cc(Br)ccc2OCC)cc1. The normalized spacial score (nSPS) is 10.7. The minimum Gasteiger partial charge on any atom is -0.494 e. The van der Waals surface area contributed by atoms with Crippen molar-refractivity contribution in [3.05, 3.63) is 58.1 Å². The number of amides is 1. The maximum atomic E-state index is 12.1. The molecule has 5 nitrogen and oxygen atoms in total. The van der Waals surface area contributed by atoms with Gasteiger partial charge in [-0.15, -0.1) is 0 Å². The van der Waals surface area contributed by atoms with Gasteiger partial charge in [-0.05, 0) is 55.8 Å². The van der Waals surface area contributed by atoms with Gasteiger partial charge in [0.1, 0.15) is 11.5 Å². The zero-order valence-electron chi connectivity index (χ0n) is 14.3. The Labute approximate surface area is 156 Å². The molecule has 2 rings (SSSR count). The number of hydrazone groups is 1. The van der Waals surface area contributed by atoms with Gasteiger partial charge in [0.05, 0.1) is 19.4 Å². The van der Waals surface area contributed by atoms with Crippen LogP contribution in [0.4, 0.5) is 0 Å². The molecule has 1 N–H and O–H groups in total. The fraction of sp³-hybridized carbons (Fsp3) is 0.263. The highest BCUT2D eigenvalue weighted by atomic mass is 79.9. The summed E-state index contributed by atoms with van der Waals surface area (Å²) in [6.07, 6.45) is 2.50. The number of rotatable bonds is 8. The zero-order chi connectivity index (χ0) is 18.1. The van der Waals surface area contributed by atoms with Gasteiger partial charge in [0.2, 0.25) is 0 Å². The van der Waals surface area contributed by atoms with E-state index in [1.165, 1.54) is 0 Å². The van der Waals surface area contributed by atoms with E-state index in [2.05, 4.69) is 26.5 Å². The molecule has 2 aromatic carbocycles. The van der Waals surface area contributed by atoms with Gasteiger partial charge < -0.3 is 9.47 Å². The van der Waals surface area contributed by atoms with Crippen LogP contribution in [-0.4, -0.2) is 25.3 Å². The summed E-state index contributed by atoms with van der Waals surface area (Å²) < 4.78 is 11.9. The van der Waals surface area contributed by atoms with Crippen LogP contribution in [0.3, 0.4) is 0 Å². The fourth-order valence-electron chi connectivity index (χ4n) is 2.05. The molecule has 0 aliphatic heterocycles. The number of nitrogens with zero attached hydrogens (tertiary/aromatic N) is 1. The molecule has 0 radical (unpaired) electrons. The number of carbonyl (C=O) groups excluding carboxylic acids is 1. The molecule has 0 bridgehead atoms. The average Bonchev–Trinajstić information content (AvgIpc) is 2.62. The second-order valence-corrected chi connectivity index (χ2v) is 6.10. The number of benzene rings is 2. The molecule has 6 heteroatoms. The van der Waals surface area contributed by atoms with E-state index in [0.29, 0.717) is 24.5 Å². The molecule has 2 aromatic rings. The van der Waals surface area contributed by atoms with Crippen molar-refractivity contribution in [1.29, 1.82) is 0 Å². The molecule has 0 fully saturated rings. The average molecular weight is 405 g/mol. The van der Waals surface area contributed by atoms with Gasteiger partial charge in [0.15, 0.2) is 0 Å². The van der Waals surface area contributed by atoms with Gasteiger partial charge in [-0.3, -0.25) is 4.79 Å². The van der Waals surface area contributed by atoms with E-state index >= 15 is 0 Å². The Kier molecular flexibility index (Phi) is 7.47. The molecule has 0 aliphatic carbocycles. The molecule has 0 heterocycles. The van der Waals surface area contributed by atoms with E-state index in [1.54, 1.807) is 30.5 Å². The summed E-state index contributed by atoms with van der Waals surface area (Å²) in [4.78, 5) is 12.1. The van der Waals surface area contributed by atoms with Gasteiger partial charge in [-0.1, -0.05) is 22.9 Å². The molecular weight excluding hydrogens is 384 g/mol. The van der Waals surface area contributed by atoms with Crippen LogP contribution in [0, 0.1) is 0 Å². The number of hydrogen-bond donors (Lipinski definition) is 1. The maximum Gasteiger partial charge on any atom is 0.271 e. The van der Waals surface area contributed by atoms with Crippen molar-refractivity contribution in [3.63, 3.8) is 0 Å². The Hall–Kier alpha value is -2.34. The van der Waals surface area contributed by atoms with E-state index < -0.39 is 0 Å². The van der Waals surface area contributed by atoms with Crippen LogP contribution in [0.1, 0.15) is 36.2 Å². The molecule has 25 heavy (non-hydrogen) atoms. The zero-order valence-corrected chi connectivity index (χ0v) is 15.9. The summed E-state index contributed by atoms with van der Waals surface area (Å²) in [5.74, 6) is 1.17. The fourth-order valence-corrected chi connectivity index (χ4v) is 2.43. The van der Waals surface area contributed by atoms with Crippen LogP contribution in [-0.2, 0) is 0 Å². The minimum absolute atomic E-state index is 0.286. The van der Waals surface area contributed by atoms with Crippen molar-refractivity contribution < 1.29 is 14.3 Å². The lowest BCUT2D eigenvalue weighted by molar-refractivity contribution is 0.0955. The van der Waals surface area contributed by atoms with Crippen molar-refractivity contribution in [3.8, 4) is 11.5 Å². The van der Waals surface area contributed by atoms with E-state index in [1.807, 2.05) is 32.0 Å². The first-order valence-corrected chi connectivity index (χ1v) is 8.92. The van der Waals surface area contributed by atoms with Crippen LogP contribution < -0.4 is 14.9 Å². The predicted molar refractivity (Wildman–Crippen MR) is 103 cm³/mol. The second-order valence-electron chi connectivity index (χ2n) is 5.19. The third-order valence-corrected chi connectivity index (χ3v) is 3.72. The number of hydrogen-bond acceptors (Lipinski definition) is 4. The standard InChI is InChI=1S/C19H21BrN2O3/c1-3-11-25-17-8-5-14(6-9-17)19(23)22-21-13-15-12-16(20)7-10-18(15)24-4-2/h5-10,12-13H,3-4,11H2,1-2H3,(H,22,23)/b21-13+. The summed E-state index contributed by atoms with van der Waals surface area (Å²) in [5.41, 5.74) is 3.81. The summed E-state index contributed by atoms with van der Waals surface area (Å²) in [6, 6.07) is 12.6. The van der Waals surface area contributed by atoms with Crippen molar-refractivity contribution >= 4 is 28.1 Å². The topological polar surface area (TPSA) is 59.9 Å². The van der Waals surface area contributed by atoms with Crippen LogP contribution in [0.15, 0.2) is 52.0 Å². The van der Waals surface area contributed by atoms with Gasteiger partial charge in [-0.25, -0.2) is 5.43 Å². The Balaban J connectivity index is 1.99. The predicted octanol–water partition coefficient (Wildman–Crippen LogP) is 4.40. The summed E-state index contributed by atoms with van der Waals surface area (Å²) in [6.45, 7) is 5.17. The highest BCUT2D eigenvalue weighted by Crippen LogP contribution is 2.21. The smallest absolute Gasteiger partial charge is 0.271 e. The Morgan fingerprint density at radius 2 is 1.92 bits per heavy atom. The van der Waals surface area contributed by atoms with Crippen LogP contribution in [0.25, 0.3) is 0 Å². The highest BCUT2D eigenvalue weighted by Gasteiger charge is 2.05. The van der Waals surface area contributed by atoms with E-state index in [9.17, 15) is 4.79 Å². The van der Waals surface area contributed by atoms with Crippen LogP contribution >= 0.6 is 15.9 Å². The molecular formula is C19H21BrN2O3. The molecule has 0 spiro atoms. The first kappa shape index (κ1) is 19.0. The number of nitrogens with one attached hydrogen (secondary N) is 1. The lowest BCUT2D eigenvalue weighted by atomic mass is 10.2. The first-order valence-electron chi connectivity index (χ1n) is 8.12. The summed E-state index contributed by atoms with van der Waals surface area (Å²) >= 11 is 3.41. The van der Waals surface area contributed by atoms with E-state index in [4.69, 9.17) is 9.47 Å². The molecule has 0 unspecified atom stereocenters. The molecule has 1 amide bonds. The lowest BCUT2D eigenvalue weighted by Gasteiger charge is -2.07. The van der Waals surface area contributed by atoms with E-state index in [-0.39, 0.29) is 5.91 Å². The third kappa shape index (κ3) is 5.90. The van der Waals surface area contributed by atoms with Gasteiger partial charge >= 0.3 is 0 Å². The van der Waals surface area contributed by atoms with Gasteiger partial charge in [0.25, 0.3) is 5.91 Å². The number of carbonyl (C=O) groups is 1. The summed E-state index contributed by atoms with van der Waals surface area (Å²) in [7, 11) is 0. The highest BCUT2D eigenvalue weighted by molar-refractivity contribution is 9.10. The van der Waals surface area contributed by atoms with Crippen LogP contribution in [0.5, 0.6) is 11.5 Å². The van der Waals surface area contributed by atoms with Crippen molar-refractivity contribution in [2.75, 3.05) is 13.2 Å². The molecule has 0 saturated carbocycles. The largest absolute Gasteiger partial charge is 0.494 e. The molecule has 0 atom stereocenters. The number of halogens is 1. The lowest BCUT2D eigenvalue weighted by Crippen LogP contribution is -2.17. The maximum absolute atomic E-state index is 12.1. The quantitative estimate of drug-likeness (QED) is 0.523. The third-order valence-electron chi connectivity index (χ3n) is 3.23. The first-order chi connectivity index (χ1) is 12.1. The van der Waals surface area contributed by atoms with Crippen molar-refractivity contribution in [1.82, 2.24) is 5.43 Å². The molecule has 0 saturated heterocycles. The molecule has 0 aromatic heterocycles. The Morgan fingerprint density at radius 3 is 2.60 bits per heavy atom. The van der Waals surface area contributed by atoms with Crippen LogP contribution in [0.2, 0.25) is 0 Å². The Bertz CT molecular complexity index is 730. The monoisotopic (exact) mass is 404 g/mol. The van der Waals surface area contributed by atoms with Gasteiger partial charge in [-0.2, -0.15) is 5.10 Å². The number of ether oxygens (including phenoxy) is 2. The van der Waals surface area contributed by atoms with Crippen molar-refractivity contribution in [2.24, 2.45) is 5.10 Å². The van der Waals surface area contributed by atoms with E-state index in [0.717, 1.165) is 22.2 Å². The minimum atomic E-state index is -0.286. The molecule has 132 valence electrons. The van der Waals surface area contributed by atoms with Gasteiger partial charge in [0, 0.05) is 15.6 Å². The second kappa shape index (κ2) is 9.84.